The summed E-state index contributed by atoms with van der Waals surface area (Å²) in [6.07, 6.45) is 9.17. The van der Waals surface area contributed by atoms with Crippen molar-refractivity contribution in [1.29, 1.82) is 0 Å². The van der Waals surface area contributed by atoms with Crippen LogP contribution in [0, 0.1) is 8.99 Å². The van der Waals surface area contributed by atoms with E-state index in [1.165, 1.54) is 42.1 Å². The molecular weight excluding hydrogens is 371 g/mol. The van der Waals surface area contributed by atoms with Crippen molar-refractivity contribution in [2.45, 2.75) is 56.4 Å². The number of alkyl halides is 1. The first-order valence-corrected chi connectivity index (χ1v) is 8.79. The number of benzene rings is 1. The van der Waals surface area contributed by atoms with Gasteiger partial charge in [-0.25, -0.2) is 0 Å². The van der Waals surface area contributed by atoms with Gasteiger partial charge in [0.2, 0.25) is 0 Å². The Morgan fingerprint density at radius 2 is 1.79 bits per heavy atom. The summed E-state index contributed by atoms with van der Waals surface area (Å²) in [6, 6.07) is 8.29. The number of para-hydroxylation sites is 1. The molecule has 0 aliphatic heterocycles. The quantitative estimate of drug-likeness (QED) is 0.486. The Kier molecular flexibility index (Phi) is 4.28. The minimum Gasteiger partial charge on any atom is -0.489 e. The van der Waals surface area contributed by atoms with Gasteiger partial charge in [0.15, 0.2) is 0 Å². The molecule has 0 N–H and O–H groups in total. The molecule has 104 valence electrons. The van der Waals surface area contributed by atoms with E-state index in [1.54, 1.807) is 0 Å². The first-order valence-electron chi connectivity index (χ1n) is 7.28. The Morgan fingerprint density at radius 1 is 1.11 bits per heavy atom. The van der Waals surface area contributed by atoms with Crippen LogP contribution in [-0.2, 0) is 0 Å². The smallest absolute Gasteiger partial charge is 0.133 e. The summed E-state index contributed by atoms with van der Waals surface area (Å²) in [6.45, 7) is 0. The monoisotopic (exact) mass is 390 g/mol. The lowest BCUT2D eigenvalue weighted by molar-refractivity contribution is -0.0516. The maximum absolute atomic E-state index is 6.58. The molecule has 0 saturated heterocycles. The fourth-order valence-corrected chi connectivity index (χ4v) is 4.61. The van der Waals surface area contributed by atoms with Crippen molar-refractivity contribution in [3.05, 3.63) is 27.8 Å². The van der Waals surface area contributed by atoms with Crippen molar-refractivity contribution in [3.63, 3.8) is 0 Å². The third-order valence-corrected chi connectivity index (χ3v) is 6.33. The summed E-state index contributed by atoms with van der Waals surface area (Å²) < 4.78 is 7.50. The van der Waals surface area contributed by atoms with E-state index in [0.29, 0.717) is 11.5 Å². The third-order valence-electron chi connectivity index (χ3n) is 4.83. The average Bonchev–Trinajstić information content (AvgIpc) is 2.68. The first-order chi connectivity index (χ1) is 9.22. The predicted octanol–water partition coefficient (Wildman–Crippen LogP) is 5.39. The van der Waals surface area contributed by atoms with Crippen LogP contribution < -0.4 is 4.74 Å². The first kappa shape index (κ1) is 14.0. The molecular formula is C16H20ClIO. The molecule has 2 aliphatic rings. The van der Waals surface area contributed by atoms with E-state index < -0.39 is 0 Å². The molecule has 1 aromatic rings. The molecule has 0 radical (unpaired) electrons. The number of hydrogen-bond acceptors (Lipinski definition) is 1. The van der Waals surface area contributed by atoms with Crippen molar-refractivity contribution in [2.75, 3.05) is 0 Å². The van der Waals surface area contributed by atoms with Crippen LogP contribution >= 0.6 is 34.2 Å². The molecule has 3 rings (SSSR count). The zero-order valence-corrected chi connectivity index (χ0v) is 14.0. The van der Waals surface area contributed by atoms with E-state index in [-0.39, 0.29) is 5.41 Å². The highest BCUT2D eigenvalue weighted by molar-refractivity contribution is 14.1. The van der Waals surface area contributed by atoms with Crippen LogP contribution in [0.15, 0.2) is 24.3 Å². The molecule has 3 heteroatoms. The minimum atomic E-state index is 0.247. The largest absolute Gasteiger partial charge is 0.489 e. The molecule has 1 aromatic carbocycles. The summed E-state index contributed by atoms with van der Waals surface area (Å²) in [4.78, 5) is 0. The predicted molar refractivity (Wildman–Crippen MR) is 88.0 cm³/mol. The Morgan fingerprint density at radius 3 is 2.42 bits per heavy atom. The zero-order valence-electron chi connectivity index (χ0n) is 11.1. The van der Waals surface area contributed by atoms with Crippen LogP contribution in [0.3, 0.4) is 0 Å². The van der Waals surface area contributed by atoms with E-state index in [9.17, 15) is 0 Å². The lowest BCUT2D eigenvalue weighted by Crippen LogP contribution is -2.57. The van der Waals surface area contributed by atoms with Gasteiger partial charge in [0.25, 0.3) is 0 Å². The van der Waals surface area contributed by atoms with Gasteiger partial charge in [-0.3, -0.25) is 0 Å². The van der Waals surface area contributed by atoms with Crippen molar-refractivity contribution >= 4 is 34.2 Å². The van der Waals surface area contributed by atoms with Crippen LogP contribution in [0.5, 0.6) is 5.75 Å². The van der Waals surface area contributed by atoms with E-state index >= 15 is 0 Å². The van der Waals surface area contributed by atoms with Gasteiger partial charge < -0.3 is 4.74 Å². The number of rotatable bonds is 2. The average molecular weight is 391 g/mol. The van der Waals surface area contributed by atoms with Crippen molar-refractivity contribution in [1.82, 2.24) is 0 Å². The van der Waals surface area contributed by atoms with E-state index in [4.69, 9.17) is 16.3 Å². The second-order valence-corrected chi connectivity index (χ2v) is 7.58. The van der Waals surface area contributed by atoms with E-state index in [2.05, 4.69) is 40.8 Å². The molecule has 1 spiro atoms. The summed E-state index contributed by atoms with van der Waals surface area (Å²) in [5.41, 5.74) is 0.247. The second kappa shape index (κ2) is 5.80. The Labute approximate surface area is 134 Å². The van der Waals surface area contributed by atoms with Gasteiger partial charge in [0, 0.05) is 17.2 Å². The van der Waals surface area contributed by atoms with E-state index in [0.717, 1.165) is 12.2 Å². The lowest BCUT2D eigenvalue weighted by atomic mass is 9.61. The molecule has 1 nitrogen and oxygen atoms in total. The maximum atomic E-state index is 6.58. The maximum Gasteiger partial charge on any atom is 0.133 e. The number of ether oxygens (including phenoxy) is 1. The SMILES string of the molecule is ClC1CC(Oc2ccccc2I)C12CCCCCC2. The molecule has 2 fully saturated rings. The topological polar surface area (TPSA) is 9.23 Å². The number of hydrogen-bond donors (Lipinski definition) is 0. The van der Waals surface area contributed by atoms with Crippen LogP contribution in [0.4, 0.5) is 0 Å². The number of halogens is 2. The van der Waals surface area contributed by atoms with Crippen LogP contribution in [-0.4, -0.2) is 11.5 Å². The van der Waals surface area contributed by atoms with Crippen LogP contribution in [0.2, 0.25) is 0 Å². The van der Waals surface area contributed by atoms with Gasteiger partial charge in [0.1, 0.15) is 11.9 Å². The van der Waals surface area contributed by atoms with Crippen LogP contribution in [0.1, 0.15) is 44.9 Å². The molecule has 2 saturated carbocycles. The summed E-state index contributed by atoms with van der Waals surface area (Å²) >= 11 is 8.92. The highest BCUT2D eigenvalue weighted by Gasteiger charge is 2.55. The fraction of sp³-hybridized carbons (Fsp3) is 0.625. The van der Waals surface area contributed by atoms with Gasteiger partial charge in [-0.05, 0) is 47.6 Å². The summed E-state index contributed by atoms with van der Waals surface area (Å²) in [5, 5.41) is 0.317. The van der Waals surface area contributed by atoms with Gasteiger partial charge in [0.05, 0.1) is 3.57 Å². The highest BCUT2D eigenvalue weighted by Crippen LogP contribution is 2.55. The second-order valence-electron chi connectivity index (χ2n) is 5.89. The Balaban J connectivity index is 1.76. The molecule has 0 heterocycles. The van der Waals surface area contributed by atoms with Gasteiger partial charge in [-0.2, -0.15) is 0 Å². The zero-order chi connectivity index (χ0) is 13.3. The van der Waals surface area contributed by atoms with Gasteiger partial charge in [-0.1, -0.05) is 37.8 Å². The molecule has 0 amide bonds. The third kappa shape index (κ3) is 2.63. The molecule has 0 bridgehead atoms. The summed E-state index contributed by atoms with van der Waals surface area (Å²) in [5.74, 6) is 1.03. The standard InChI is InChI=1S/C16H20ClIO/c17-14-11-15(16(14)9-5-1-2-6-10-16)19-13-8-4-3-7-12(13)18/h3-4,7-8,14-15H,1-2,5-6,9-11H2. The Bertz CT molecular complexity index is 440. The fourth-order valence-electron chi connectivity index (χ4n) is 3.58. The molecule has 0 aromatic heterocycles. The van der Waals surface area contributed by atoms with Crippen molar-refractivity contribution < 1.29 is 4.74 Å². The summed E-state index contributed by atoms with van der Waals surface area (Å²) in [7, 11) is 0. The Hall–Kier alpha value is 0.0400. The van der Waals surface area contributed by atoms with E-state index in [1.807, 2.05) is 6.07 Å². The normalized spacial score (nSPS) is 29.6. The molecule has 19 heavy (non-hydrogen) atoms. The van der Waals surface area contributed by atoms with Crippen molar-refractivity contribution in [3.8, 4) is 5.75 Å². The molecule has 2 atom stereocenters. The molecule has 2 aliphatic carbocycles. The molecule has 2 unspecified atom stereocenters. The van der Waals surface area contributed by atoms with Crippen molar-refractivity contribution in [2.24, 2.45) is 5.41 Å². The van der Waals surface area contributed by atoms with Crippen LogP contribution in [0.25, 0.3) is 0 Å². The highest BCUT2D eigenvalue weighted by atomic mass is 127. The van der Waals surface area contributed by atoms with Gasteiger partial charge in [-0.15, -0.1) is 11.6 Å². The van der Waals surface area contributed by atoms with Gasteiger partial charge >= 0.3 is 0 Å². The minimum absolute atomic E-state index is 0.247. The lowest BCUT2D eigenvalue weighted by Gasteiger charge is -2.53.